The molecule has 1 N–H and O–H groups in total. The second kappa shape index (κ2) is 39.8. The number of allylic oxidation sites excluding steroid dienone is 1. The summed E-state index contributed by atoms with van der Waals surface area (Å²) in [6.45, 7) is 21.6. The molecule has 647 valence electrons. The molecule has 24 heteroatoms. The van der Waals surface area contributed by atoms with Gasteiger partial charge in [-0.15, -0.1) is 113 Å². The second-order valence-electron chi connectivity index (χ2n) is 32.3. The van der Waals surface area contributed by atoms with Crippen LogP contribution in [-0.4, -0.2) is 32.4 Å². The highest BCUT2D eigenvalue weighted by atomic mass is 79.9. The van der Waals surface area contributed by atoms with E-state index in [4.69, 9.17) is 26.2 Å². The predicted octanol–water partition coefficient (Wildman–Crippen LogP) is 35.8. The normalized spacial score (nSPS) is 13.0. The molecule has 0 bridgehead atoms. The van der Waals surface area contributed by atoms with Crippen LogP contribution in [0.2, 0.25) is 0 Å². The van der Waals surface area contributed by atoms with Crippen LogP contribution >= 0.6 is 179 Å². The number of methoxy groups -OCH3 is 1. The van der Waals surface area contributed by atoms with Crippen LogP contribution in [0.3, 0.4) is 0 Å². The Hall–Kier alpha value is -10.7. The van der Waals surface area contributed by atoms with Crippen molar-refractivity contribution in [1.82, 2.24) is 0 Å². The average Bonchev–Trinajstić information content (AvgIpc) is 1.58. The number of fused-ring (bicyclic) bond motifs is 9. The number of halogens is 2. The highest BCUT2D eigenvalue weighted by Crippen LogP contribution is 2.56. The lowest BCUT2D eigenvalue weighted by molar-refractivity contribution is 0.111. The fraction of sp³-hybridized carbons (Fsp3) is 0.102. The van der Waals surface area contributed by atoms with Crippen molar-refractivity contribution in [1.29, 1.82) is 10.5 Å². The Morgan fingerprint density at radius 1 is 0.386 bits per heavy atom. The van der Waals surface area contributed by atoms with Crippen LogP contribution in [0.15, 0.2) is 292 Å². The van der Waals surface area contributed by atoms with Gasteiger partial charge in [0.05, 0.1) is 41.5 Å². The van der Waals surface area contributed by atoms with Gasteiger partial charge in [-0.25, -0.2) is 4.85 Å². The van der Waals surface area contributed by atoms with Crippen molar-refractivity contribution in [3.63, 3.8) is 0 Å². The average molecular weight is 2080 g/mol. The molecule has 132 heavy (non-hydrogen) atoms. The molecule has 0 unspecified atom stereocenters. The zero-order valence-corrected chi connectivity index (χ0v) is 85.5. The molecule has 0 saturated heterocycles. The summed E-state index contributed by atoms with van der Waals surface area (Å²) >= 11 is 28.8. The summed E-state index contributed by atoms with van der Waals surface area (Å²) < 4.78 is 12.5. The number of benzene rings is 6. The number of hydrogen-bond acceptors (Lipinski definition) is 20. The summed E-state index contributed by atoms with van der Waals surface area (Å²) in [6, 6.07) is 99.1. The maximum absolute atomic E-state index is 11.1. The molecule has 3 aliphatic rings. The van der Waals surface area contributed by atoms with Crippen LogP contribution in [0.25, 0.3) is 152 Å². The monoisotopic (exact) mass is 2080 g/mol. The quantitative estimate of drug-likeness (QED) is 0.0370. The van der Waals surface area contributed by atoms with Crippen LogP contribution in [0.1, 0.15) is 119 Å². The highest BCUT2D eigenvalue weighted by molar-refractivity contribution is 9.10. The maximum atomic E-state index is 11.1. The standard InChI is InChI=1S/C45H28N2S6.C33H24O2S4.C15H12Br2.C9H6BO3S2.C6H5NS/c1-45(2)34-23-27(38-16-18-43(52-38)41-14-10-30(50-41)22-29(26-46)37-6-4-20-48-37)8-12-32(34)33-13-9-28(24-35(33)45)39-17-19-44(53-39)42-15-11-31(51-42)25-36(47-3)40-7-5-21-49-40;1-33(2)24-16-19(26-10-12-29(37-26)28-9-6-21(18-34)36-28)4-7-22(24)23-8-5-20(17-25(23)33)27-11-13-30(38-27)31-14-15-32(35-3)39-31;1-15(2)13-7-9(16)3-5-11(13)12-6-4-10(17)8-14(12)15;11-5-6-1-2-7(14-6)8-3-4-9(15-8)13-10-12;7-4-3-6-2-1-5-8-6/h4-25H,1-2H3;4-18H,1-3H3;3-8H,1-2H3;1-5,12H;1-2,5H,3H2/b29-22+,36-25-;;;;. The minimum absolute atomic E-state index is 0.0816. The van der Waals surface area contributed by atoms with E-state index in [9.17, 15) is 14.9 Å². The van der Waals surface area contributed by atoms with E-state index in [1.807, 2.05) is 129 Å². The summed E-state index contributed by atoms with van der Waals surface area (Å²) in [6.07, 6.45) is 6.31. The first-order chi connectivity index (χ1) is 64.1. The first-order valence-corrected chi connectivity index (χ1v) is 53.9. The van der Waals surface area contributed by atoms with E-state index in [-0.39, 0.29) is 16.2 Å². The molecule has 6 aromatic carbocycles. The fourth-order valence-electron chi connectivity index (χ4n) is 16.6. The summed E-state index contributed by atoms with van der Waals surface area (Å²) in [4.78, 5) is 49.1. The van der Waals surface area contributed by atoms with E-state index in [2.05, 4.69) is 278 Å². The van der Waals surface area contributed by atoms with Gasteiger partial charge in [-0.05, 0) is 299 Å². The van der Waals surface area contributed by atoms with Gasteiger partial charge < -0.3 is 14.4 Å². The van der Waals surface area contributed by atoms with E-state index in [1.54, 1.807) is 110 Å². The van der Waals surface area contributed by atoms with Gasteiger partial charge in [0.1, 0.15) is 6.07 Å². The van der Waals surface area contributed by atoms with Crippen molar-refractivity contribution in [2.24, 2.45) is 0 Å². The number of nitriles is 2. The lowest BCUT2D eigenvalue weighted by Gasteiger charge is -2.22. The number of carbonyl (C=O) groups excluding carboxylic acids is 2. The van der Waals surface area contributed by atoms with Crippen LogP contribution in [0, 0.1) is 29.2 Å². The van der Waals surface area contributed by atoms with Crippen LogP contribution in [0.5, 0.6) is 10.1 Å². The highest BCUT2D eigenvalue weighted by Gasteiger charge is 2.39. The molecule has 22 rings (SSSR count). The first kappa shape index (κ1) is 91.8. The van der Waals surface area contributed by atoms with Crippen molar-refractivity contribution in [2.45, 2.75) is 64.2 Å². The molecule has 1 radical (unpaired) electrons. The SMILES string of the molecule is CC1(C)c2cc(Br)ccc2-c2ccc(Br)cc21.COc1ccc(-c2ccc(-c3ccc4c(c3)C(C)(C)c3cc(-c5ccc(-c6ccc(C=O)s6)s5)ccc3-4)s2)s1.N#CCc1cccs1.O=Cc1ccc(-c2ccc(O[B]O)s2)s1.[C-]#[N+]/C(=C\c1ccc(-c2ccc(-c3ccc4c(c3)C(C)(C)c3cc(-c5ccc(-c6ccc(/C=C(\C#N)c7cccs7)s6)s5)ccc3-4)s2)s1)c1cccs1. The molecule has 13 aromatic heterocycles. The lowest BCUT2D eigenvalue weighted by atomic mass is 9.81. The largest absolute Gasteiger partial charge is 0.569 e. The first-order valence-electron chi connectivity index (χ1n) is 41.5. The lowest BCUT2D eigenvalue weighted by Crippen LogP contribution is -2.15. The second-order valence-corrected chi connectivity index (χ2v) is 48.0. The Bertz CT molecular complexity index is 7440. The van der Waals surface area contributed by atoms with Crippen molar-refractivity contribution in [3.05, 3.63) is 371 Å². The summed E-state index contributed by atoms with van der Waals surface area (Å²) in [5, 5.41) is 33.9. The molecule has 0 saturated carbocycles. The molecule has 13 heterocycles. The van der Waals surface area contributed by atoms with E-state index < -0.39 is 0 Å². The molecule has 0 fully saturated rings. The number of aldehydes is 2. The van der Waals surface area contributed by atoms with Gasteiger partial charge in [0, 0.05) is 118 Å². The Labute approximate surface area is 836 Å². The van der Waals surface area contributed by atoms with Crippen LogP contribution in [-0.2, 0) is 22.7 Å². The van der Waals surface area contributed by atoms with Crippen LogP contribution < -0.4 is 9.39 Å². The molecule has 3 aliphatic carbocycles. The number of hydrogen-bond donors (Lipinski definition) is 1. The maximum Gasteiger partial charge on any atom is 0.569 e. The smallest absolute Gasteiger partial charge is 0.530 e. The van der Waals surface area contributed by atoms with E-state index in [0.29, 0.717) is 35.3 Å². The van der Waals surface area contributed by atoms with Crippen LogP contribution in [0.4, 0.5) is 0 Å². The third kappa shape index (κ3) is 19.3. The molecule has 8 nitrogen and oxygen atoms in total. The van der Waals surface area contributed by atoms with Gasteiger partial charge in [-0.3, -0.25) is 9.59 Å². The molecule has 0 atom stereocenters. The molecular formula is C108H75BBr2N3O5S13. The van der Waals surface area contributed by atoms with Gasteiger partial charge in [0.25, 0.3) is 0 Å². The van der Waals surface area contributed by atoms with Gasteiger partial charge in [-0.2, -0.15) is 21.9 Å². The third-order valence-corrected chi connectivity index (χ3v) is 38.5. The van der Waals surface area contributed by atoms with E-state index in [0.717, 1.165) is 70.5 Å². The Morgan fingerprint density at radius 3 is 1.06 bits per heavy atom. The number of ether oxygens (including phenoxy) is 1. The summed E-state index contributed by atoms with van der Waals surface area (Å²) in [5.74, 6) is 0. The topological polar surface area (TPSA) is 125 Å². The zero-order valence-electron chi connectivity index (χ0n) is 71.7. The Kier molecular flexibility index (Phi) is 27.7. The Balaban J connectivity index is 0.000000127. The van der Waals surface area contributed by atoms with E-state index in [1.165, 1.54) is 165 Å². The van der Waals surface area contributed by atoms with Gasteiger partial charge in [-0.1, -0.05) is 181 Å². The minimum Gasteiger partial charge on any atom is -0.530 e. The third-order valence-electron chi connectivity index (χ3n) is 23.2. The molecule has 0 amide bonds. The molecular weight excluding hydrogens is 2010 g/mol. The summed E-state index contributed by atoms with van der Waals surface area (Å²) in [5.41, 5.74) is 22.6. The number of thiophene rings is 13. The van der Waals surface area contributed by atoms with Gasteiger partial charge in [0.2, 0.25) is 5.70 Å². The summed E-state index contributed by atoms with van der Waals surface area (Å²) in [7, 11) is 2.37. The molecule has 0 aliphatic heterocycles. The van der Waals surface area contributed by atoms with Crippen molar-refractivity contribution in [3.8, 4) is 146 Å². The number of rotatable bonds is 19. The Morgan fingerprint density at radius 2 is 0.712 bits per heavy atom. The van der Waals surface area contributed by atoms with Crippen molar-refractivity contribution in [2.75, 3.05) is 7.11 Å². The van der Waals surface area contributed by atoms with E-state index >= 15 is 0 Å². The molecule has 0 spiro atoms. The minimum atomic E-state index is -0.134. The van der Waals surface area contributed by atoms with Gasteiger partial charge in [0.15, 0.2) is 22.7 Å². The fourth-order valence-corrected chi connectivity index (χ4v) is 29.0. The molecule has 19 aromatic rings. The zero-order chi connectivity index (χ0) is 91.5. The number of nitrogens with zero attached hydrogens (tertiary/aromatic N) is 3. The number of carbonyl (C=O) groups is 2. The van der Waals surface area contributed by atoms with Crippen molar-refractivity contribution < 1.29 is 24.0 Å². The van der Waals surface area contributed by atoms with Crippen molar-refractivity contribution >= 4 is 223 Å². The van der Waals surface area contributed by atoms with Gasteiger partial charge >= 0.3 is 7.69 Å². The predicted molar refractivity (Wildman–Crippen MR) is 578 cm³/mol.